The van der Waals surface area contributed by atoms with E-state index >= 15 is 0 Å². The summed E-state index contributed by atoms with van der Waals surface area (Å²) in [4.78, 5) is 10.3. The van der Waals surface area contributed by atoms with E-state index in [1.54, 1.807) is 12.1 Å². The Morgan fingerprint density at radius 2 is 1.73 bits per heavy atom. The van der Waals surface area contributed by atoms with Gasteiger partial charge < -0.3 is 5.43 Å². The molecule has 0 bridgehead atoms. The van der Waals surface area contributed by atoms with Crippen molar-refractivity contribution in [3.8, 4) is 0 Å². The number of nitrogens with zero attached hydrogens (tertiary/aromatic N) is 2. The molecule has 0 amide bonds. The smallest absolute Gasteiger partial charge is 0.348 e. The number of nitro groups is 1. The first kappa shape index (κ1) is 11.6. The third-order valence-corrected chi connectivity index (χ3v) is 1.96. The zero-order valence-electron chi connectivity index (χ0n) is 8.25. The maximum absolute atomic E-state index is 10.3. The minimum atomic E-state index is -0.679. The Morgan fingerprint density at radius 3 is 2.47 bits per heavy atom. The van der Waals surface area contributed by atoms with Crippen molar-refractivity contribution in [2.75, 3.05) is 0 Å². The Hall–Kier alpha value is -1.50. The fourth-order valence-electron chi connectivity index (χ4n) is 1.38. The predicted molar refractivity (Wildman–Crippen MR) is 54.0 cm³/mol. The van der Waals surface area contributed by atoms with Gasteiger partial charge in [-0.2, -0.15) is 0 Å². The van der Waals surface area contributed by atoms with Crippen LogP contribution in [0.2, 0.25) is 0 Å². The van der Waals surface area contributed by atoms with Crippen molar-refractivity contribution in [2.45, 2.75) is 0 Å². The topological polar surface area (TPSA) is 57.2 Å². The van der Waals surface area contributed by atoms with E-state index in [-0.39, 0.29) is 18.9 Å². The molecule has 0 atom stereocenters. The standard InChI is InChI=1S/C10H7N2O2.Li/c13-12(14)11-10-7-3-5-8-4-1-2-6-9(8)10;/h1-7H;/q-1;+1. The minimum Gasteiger partial charge on any atom is -0.348 e. The van der Waals surface area contributed by atoms with Crippen LogP contribution < -0.4 is 18.9 Å². The summed E-state index contributed by atoms with van der Waals surface area (Å²) in [6.45, 7) is 0. The molecule has 0 saturated heterocycles. The number of hydrogen-bond donors (Lipinski definition) is 0. The zero-order valence-corrected chi connectivity index (χ0v) is 8.25. The SMILES string of the molecule is O=[N+]([O-])[N-]c1cccc2ccccc12.[Li+]. The quantitative estimate of drug-likeness (QED) is 0.385. The monoisotopic (exact) mass is 194 g/mol. The van der Waals surface area contributed by atoms with Crippen LogP contribution >= 0.6 is 0 Å². The first-order valence-corrected chi connectivity index (χ1v) is 4.11. The first-order chi connectivity index (χ1) is 6.77. The van der Waals surface area contributed by atoms with Crippen LogP contribution in [0.25, 0.3) is 16.2 Å². The Kier molecular flexibility index (Phi) is 3.72. The average Bonchev–Trinajstić information content (AvgIpc) is 2.18. The average molecular weight is 194 g/mol. The molecule has 0 heterocycles. The molecule has 0 aliphatic rings. The van der Waals surface area contributed by atoms with Gasteiger partial charge in [-0.1, -0.05) is 48.2 Å². The molecule has 15 heavy (non-hydrogen) atoms. The zero-order chi connectivity index (χ0) is 9.97. The molecular formula is C10H7LiN2O2. The van der Waals surface area contributed by atoms with Gasteiger partial charge in [-0.3, -0.25) is 10.1 Å². The summed E-state index contributed by atoms with van der Waals surface area (Å²) in [5.74, 6) is 0. The second-order valence-electron chi connectivity index (χ2n) is 2.84. The van der Waals surface area contributed by atoms with E-state index in [9.17, 15) is 10.1 Å². The van der Waals surface area contributed by atoms with Crippen LogP contribution in [0.4, 0.5) is 5.69 Å². The second-order valence-corrected chi connectivity index (χ2v) is 2.84. The molecule has 2 rings (SSSR count). The third-order valence-electron chi connectivity index (χ3n) is 1.96. The van der Waals surface area contributed by atoms with Crippen LogP contribution in [0, 0.1) is 10.1 Å². The predicted octanol–water partition coefficient (Wildman–Crippen LogP) is 0.0407. The van der Waals surface area contributed by atoms with E-state index in [2.05, 4.69) is 5.43 Å². The number of fused-ring (bicyclic) bond motifs is 1. The van der Waals surface area contributed by atoms with Crippen LogP contribution in [0.3, 0.4) is 0 Å². The van der Waals surface area contributed by atoms with Gasteiger partial charge in [-0.25, -0.2) is 0 Å². The van der Waals surface area contributed by atoms with Crippen LogP contribution in [-0.2, 0) is 0 Å². The van der Waals surface area contributed by atoms with Crippen molar-refractivity contribution < 1.29 is 23.9 Å². The molecule has 0 saturated carbocycles. The summed E-state index contributed by atoms with van der Waals surface area (Å²) >= 11 is 0. The third kappa shape index (κ3) is 2.49. The van der Waals surface area contributed by atoms with Crippen LogP contribution in [0.15, 0.2) is 42.5 Å². The number of benzene rings is 2. The van der Waals surface area contributed by atoms with Gasteiger partial charge in [0.05, 0.1) is 0 Å². The molecule has 0 fully saturated rings. The molecule has 2 aromatic rings. The summed E-state index contributed by atoms with van der Waals surface area (Å²) in [5.41, 5.74) is 3.71. The fraction of sp³-hybridized carbons (Fsp3) is 0. The molecule has 2 aromatic carbocycles. The number of hydrogen-bond acceptors (Lipinski definition) is 2. The van der Waals surface area contributed by atoms with Crippen LogP contribution in [-0.4, -0.2) is 5.03 Å². The first-order valence-electron chi connectivity index (χ1n) is 4.11. The molecule has 0 radical (unpaired) electrons. The van der Waals surface area contributed by atoms with E-state index in [0.29, 0.717) is 5.69 Å². The number of rotatable bonds is 2. The van der Waals surface area contributed by atoms with Crippen molar-refractivity contribution >= 4 is 16.5 Å². The Bertz CT molecular complexity index is 482. The molecule has 4 nitrogen and oxygen atoms in total. The molecule has 0 N–H and O–H groups in total. The Labute approximate surface area is 98.6 Å². The molecule has 0 unspecified atom stereocenters. The second kappa shape index (κ2) is 4.83. The van der Waals surface area contributed by atoms with Crippen molar-refractivity contribution in [3.63, 3.8) is 0 Å². The fourth-order valence-corrected chi connectivity index (χ4v) is 1.38. The minimum absolute atomic E-state index is 0. The van der Waals surface area contributed by atoms with Crippen molar-refractivity contribution in [2.24, 2.45) is 0 Å². The van der Waals surface area contributed by atoms with E-state index in [4.69, 9.17) is 0 Å². The molecule has 0 aromatic heterocycles. The molecule has 0 aliphatic heterocycles. The van der Waals surface area contributed by atoms with Crippen molar-refractivity contribution in [3.05, 3.63) is 58.0 Å². The van der Waals surface area contributed by atoms with Gasteiger partial charge in [0.2, 0.25) is 0 Å². The Morgan fingerprint density at radius 1 is 1.07 bits per heavy atom. The van der Waals surface area contributed by atoms with Gasteiger partial charge in [0.25, 0.3) is 0 Å². The van der Waals surface area contributed by atoms with Crippen LogP contribution in [0.1, 0.15) is 0 Å². The maximum atomic E-state index is 10.3. The van der Waals surface area contributed by atoms with Crippen molar-refractivity contribution in [1.82, 2.24) is 0 Å². The summed E-state index contributed by atoms with van der Waals surface area (Å²) in [6.07, 6.45) is 0. The molecule has 0 spiro atoms. The Balaban J connectivity index is 0.00000112. The largest absolute Gasteiger partial charge is 1.00 e. The van der Waals surface area contributed by atoms with Gasteiger partial charge in [-0.15, -0.1) is 0 Å². The van der Waals surface area contributed by atoms with Gasteiger partial charge >= 0.3 is 18.9 Å². The van der Waals surface area contributed by atoms with E-state index in [1.807, 2.05) is 30.3 Å². The van der Waals surface area contributed by atoms with E-state index in [1.165, 1.54) is 0 Å². The molecule has 70 valence electrons. The van der Waals surface area contributed by atoms with E-state index < -0.39 is 5.03 Å². The van der Waals surface area contributed by atoms with Crippen LogP contribution in [0.5, 0.6) is 0 Å². The summed E-state index contributed by atoms with van der Waals surface area (Å²) in [7, 11) is 0. The summed E-state index contributed by atoms with van der Waals surface area (Å²) in [6, 6.07) is 12.7. The molecule has 0 aliphatic carbocycles. The summed E-state index contributed by atoms with van der Waals surface area (Å²) < 4.78 is 0. The van der Waals surface area contributed by atoms with E-state index in [0.717, 1.165) is 10.8 Å². The van der Waals surface area contributed by atoms with Gasteiger partial charge in [0.1, 0.15) is 0 Å². The van der Waals surface area contributed by atoms with Gasteiger partial charge in [0.15, 0.2) is 0 Å². The van der Waals surface area contributed by atoms with Gasteiger partial charge in [0, 0.05) is 0 Å². The maximum Gasteiger partial charge on any atom is 1.00 e. The van der Waals surface area contributed by atoms with Crippen molar-refractivity contribution in [1.29, 1.82) is 0 Å². The summed E-state index contributed by atoms with van der Waals surface area (Å²) in [5, 5.41) is 11.3. The van der Waals surface area contributed by atoms with Gasteiger partial charge in [-0.05, 0) is 15.8 Å². The normalized spacial score (nSPS) is 9.33. The molecule has 5 heteroatoms. The molecular weight excluding hydrogens is 187 g/mol.